The number of hydrogen-bond acceptors (Lipinski definition) is 5. The number of anilines is 2. The number of amides is 2. The normalized spacial score (nSPS) is 10.4. The van der Waals surface area contributed by atoms with Crippen molar-refractivity contribution in [1.29, 1.82) is 0 Å². The highest BCUT2D eigenvalue weighted by molar-refractivity contribution is 5.93. The summed E-state index contributed by atoms with van der Waals surface area (Å²) in [6.07, 6.45) is 0. The summed E-state index contributed by atoms with van der Waals surface area (Å²) in [6, 6.07) is 14.4. The average molecular weight is 385 g/mol. The van der Waals surface area contributed by atoms with Crippen LogP contribution in [0, 0.1) is 0 Å². The van der Waals surface area contributed by atoms with Crippen molar-refractivity contribution < 1.29 is 19.1 Å². The van der Waals surface area contributed by atoms with E-state index in [0.717, 1.165) is 18.0 Å². The summed E-state index contributed by atoms with van der Waals surface area (Å²) >= 11 is 0. The molecule has 0 heterocycles. The van der Waals surface area contributed by atoms with E-state index in [-0.39, 0.29) is 18.4 Å². The van der Waals surface area contributed by atoms with Gasteiger partial charge < -0.3 is 20.1 Å². The lowest BCUT2D eigenvalue weighted by Gasteiger charge is -2.20. The van der Waals surface area contributed by atoms with Crippen LogP contribution in [0.5, 0.6) is 11.5 Å². The minimum Gasteiger partial charge on any atom is -0.497 e. The standard InChI is InChI=1S/C21H27N3O4/c1-4-24(13-14-28-20-11-9-19(27-3)10-12-20)15-21(26)23-18-7-5-17(6-8-18)22-16(2)25/h5-12H,4,13-15H2,1-3H3,(H,22,25)(H,23,26). The molecule has 0 fully saturated rings. The zero-order valence-electron chi connectivity index (χ0n) is 16.5. The van der Waals surface area contributed by atoms with Gasteiger partial charge in [-0.3, -0.25) is 14.5 Å². The summed E-state index contributed by atoms with van der Waals surface area (Å²) in [5.41, 5.74) is 1.38. The number of ether oxygens (including phenoxy) is 2. The van der Waals surface area contributed by atoms with E-state index < -0.39 is 0 Å². The molecule has 0 saturated carbocycles. The van der Waals surface area contributed by atoms with Crippen LogP contribution in [-0.4, -0.2) is 50.1 Å². The number of rotatable bonds is 10. The topological polar surface area (TPSA) is 79.9 Å². The van der Waals surface area contributed by atoms with Crippen molar-refractivity contribution in [3.63, 3.8) is 0 Å². The summed E-state index contributed by atoms with van der Waals surface area (Å²) in [5.74, 6) is 1.32. The molecule has 150 valence electrons. The molecule has 0 bridgehead atoms. The third-order valence-corrected chi connectivity index (χ3v) is 4.04. The van der Waals surface area contributed by atoms with E-state index in [1.165, 1.54) is 6.92 Å². The highest BCUT2D eigenvalue weighted by Crippen LogP contribution is 2.17. The Labute approximate surface area is 165 Å². The molecule has 0 atom stereocenters. The molecule has 2 N–H and O–H groups in total. The van der Waals surface area contributed by atoms with Crippen LogP contribution in [-0.2, 0) is 9.59 Å². The van der Waals surface area contributed by atoms with Gasteiger partial charge in [-0.2, -0.15) is 0 Å². The number of hydrogen-bond donors (Lipinski definition) is 2. The summed E-state index contributed by atoms with van der Waals surface area (Å²) < 4.78 is 10.8. The van der Waals surface area contributed by atoms with Gasteiger partial charge in [0.1, 0.15) is 18.1 Å². The van der Waals surface area contributed by atoms with Gasteiger partial charge in [0.15, 0.2) is 0 Å². The molecule has 0 aliphatic carbocycles. The van der Waals surface area contributed by atoms with Crippen molar-refractivity contribution in [3.05, 3.63) is 48.5 Å². The van der Waals surface area contributed by atoms with Crippen molar-refractivity contribution in [2.75, 3.05) is 44.0 Å². The fourth-order valence-electron chi connectivity index (χ4n) is 2.56. The Hall–Kier alpha value is -3.06. The Kier molecular flexibility index (Phi) is 8.30. The Morgan fingerprint density at radius 3 is 2.04 bits per heavy atom. The van der Waals surface area contributed by atoms with Gasteiger partial charge in [0, 0.05) is 24.8 Å². The lowest BCUT2D eigenvalue weighted by molar-refractivity contribution is -0.117. The van der Waals surface area contributed by atoms with Crippen molar-refractivity contribution >= 4 is 23.2 Å². The molecular formula is C21H27N3O4. The second-order valence-electron chi connectivity index (χ2n) is 6.20. The molecule has 7 nitrogen and oxygen atoms in total. The van der Waals surface area contributed by atoms with Crippen LogP contribution < -0.4 is 20.1 Å². The molecule has 2 amide bonds. The van der Waals surface area contributed by atoms with E-state index in [1.54, 1.807) is 31.4 Å². The first-order valence-corrected chi connectivity index (χ1v) is 9.17. The van der Waals surface area contributed by atoms with E-state index in [0.29, 0.717) is 24.5 Å². The minimum atomic E-state index is -0.132. The fourth-order valence-corrected chi connectivity index (χ4v) is 2.56. The number of carbonyl (C=O) groups is 2. The first-order chi connectivity index (χ1) is 13.5. The summed E-state index contributed by atoms with van der Waals surface area (Å²) in [6.45, 7) is 5.59. The molecule has 28 heavy (non-hydrogen) atoms. The quantitative estimate of drug-likeness (QED) is 0.657. The molecule has 7 heteroatoms. The van der Waals surface area contributed by atoms with Crippen molar-refractivity contribution in [2.24, 2.45) is 0 Å². The molecule has 2 rings (SSSR count). The number of nitrogens with one attached hydrogen (secondary N) is 2. The first-order valence-electron chi connectivity index (χ1n) is 9.17. The minimum absolute atomic E-state index is 0.0985. The van der Waals surface area contributed by atoms with Gasteiger partial charge in [-0.15, -0.1) is 0 Å². The second-order valence-corrected chi connectivity index (χ2v) is 6.20. The molecule has 2 aromatic carbocycles. The van der Waals surface area contributed by atoms with Crippen molar-refractivity contribution in [2.45, 2.75) is 13.8 Å². The van der Waals surface area contributed by atoms with Crippen LogP contribution in [0.1, 0.15) is 13.8 Å². The molecule has 0 radical (unpaired) electrons. The fraction of sp³-hybridized carbons (Fsp3) is 0.333. The zero-order valence-corrected chi connectivity index (χ0v) is 16.5. The summed E-state index contributed by atoms with van der Waals surface area (Å²) in [4.78, 5) is 25.3. The molecule has 0 unspecified atom stereocenters. The van der Waals surface area contributed by atoms with Crippen molar-refractivity contribution in [3.8, 4) is 11.5 Å². The lowest BCUT2D eigenvalue weighted by atomic mass is 10.2. The summed E-state index contributed by atoms with van der Waals surface area (Å²) in [5, 5.41) is 5.55. The third kappa shape index (κ3) is 7.28. The van der Waals surface area contributed by atoms with Gasteiger partial charge in [0.25, 0.3) is 0 Å². The van der Waals surface area contributed by atoms with Crippen LogP contribution in [0.15, 0.2) is 48.5 Å². The molecule has 0 saturated heterocycles. The summed E-state index contributed by atoms with van der Waals surface area (Å²) in [7, 11) is 1.62. The van der Waals surface area contributed by atoms with Gasteiger partial charge in [-0.05, 0) is 55.1 Å². The highest BCUT2D eigenvalue weighted by Gasteiger charge is 2.10. The monoisotopic (exact) mass is 385 g/mol. The van der Waals surface area contributed by atoms with Crippen LogP contribution in [0.25, 0.3) is 0 Å². The lowest BCUT2D eigenvalue weighted by Crippen LogP contribution is -2.35. The van der Waals surface area contributed by atoms with E-state index in [9.17, 15) is 9.59 Å². The van der Waals surface area contributed by atoms with E-state index in [2.05, 4.69) is 10.6 Å². The van der Waals surface area contributed by atoms with Gasteiger partial charge in [0.05, 0.1) is 13.7 Å². The Balaban J connectivity index is 1.76. The molecular weight excluding hydrogens is 358 g/mol. The predicted octanol–water partition coefficient (Wildman–Crippen LogP) is 2.99. The maximum atomic E-state index is 12.3. The molecule has 0 aliphatic rings. The van der Waals surface area contributed by atoms with Crippen LogP contribution in [0.4, 0.5) is 11.4 Å². The predicted molar refractivity (Wildman–Crippen MR) is 110 cm³/mol. The number of nitrogens with zero attached hydrogens (tertiary/aromatic N) is 1. The van der Waals surface area contributed by atoms with Crippen LogP contribution >= 0.6 is 0 Å². The van der Waals surface area contributed by atoms with Crippen molar-refractivity contribution in [1.82, 2.24) is 4.90 Å². The molecule has 0 aliphatic heterocycles. The van der Waals surface area contributed by atoms with Crippen LogP contribution in [0.3, 0.4) is 0 Å². The number of methoxy groups -OCH3 is 1. The van der Waals surface area contributed by atoms with E-state index in [1.807, 2.05) is 36.1 Å². The Morgan fingerprint density at radius 1 is 0.929 bits per heavy atom. The number of benzene rings is 2. The second kappa shape index (κ2) is 10.9. The number of carbonyl (C=O) groups excluding carboxylic acids is 2. The van der Waals surface area contributed by atoms with E-state index in [4.69, 9.17) is 9.47 Å². The van der Waals surface area contributed by atoms with Gasteiger partial charge in [-0.25, -0.2) is 0 Å². The number of likely N-dealkylation sites (N-methyl/N-ethyl adjacent to an activating group) is 1. The maximum Gasteiger partial charge on any atom is 0.238 e. The Morgan fingerprint density at radius 2 is 1.50 bits per heavy atom. The maximum absolute atomic E-state index is 12.3. The average Bonchev–Trinajstić information content (AvgIpc) is 2.68. The van der Waals surface area contributed by atoms with E-state index >= 15 is 0 Å². The van der Waals surface area contributed by atoms with Gasteiger partial charge in [-0.1, -0.05) is 6.92 Å². The molecule has 0 spiro atoms. The Bertz CT molecular complexity index is 760. The molecule has 2 aromatic rings. The third-order valence-electron chi connectivity index (χ3n) is 4.04. The van der Waals surface area contributed by atoms with Gasteiger partial charge in [0.2, 0.25) is 11.8 Å². The molecule has 0 aromatic heterocycles. The largest absolute Gasteiger partial charge is 0.497 e. The highest BCUT2D eigenvalue weighted by atomic mass is 16.5. The zero-order chi connectivity index (χ0) is 20.4. The first kappa shape index (κ1) is 21.2. The van der Waals surface area contributed by atoms with Crippen LogP contribution in [0.2, 0.25) is 0 Å². The SMILES string of the molecule is CCN(CCOc1ccc(OC)cc1)CC(=O)Nc1ccc(NC(C)=O)cc1. The van der Waals surface area contributed by atoms with Gasteiger partial charge >= 0.3 is 0 Å². The smallest absolute Gasteiger partial charge is 0.238 e.